The molecular formula is C25H29F3N2O2. The van der Waals surface area contributed by atoms with Crippen LogP contribution in [0.2, 0.25) is 0 Å². The number of nitrogens with one attached hydrogen (secondary N) is 1. The van der Waals surface area contributed by atoms with E-state index < -0.39 is 17.6 Å². The Kier molecular flexibility index (Phi) is 6.86. The zero-order valence-electron chi connectivity index (χ0n) is 18.9. The van der Waals surface area contributed by atoms with Crippen LogP contribution in [0.1, 0.15) is 65.7 Å². The summed E-state index contributed by atoms with van der Waals surface area (Å²) in [6.07, 6.45) is -2.70. The highest BCUT2D eigenvalue weighted by molar-refractivity contribution is 6.06. The van der Waals surface area contributed by atoms with Gasteiger partial charge in [0, 0.05) is 30.0 Å². The fourth-order valence-electron chi connectivity index (χ4n) is 4.08. The van der Waals surface area contributed by atoms with Gasteiger partial charge in [-0.25, -0.2) is 0 Å². The first kappa shape index (κ1) is 23.7. The molecule has 0 saturated heterocycles. The van der Waals surface area contributed by atoms with E-state index in [4.69, 9.17) is 4.74 Å². The average Bonchev–Trinajstić information content (AvgIpc) is 2.74. The molecule has 1 aliphatic rings. The number of carbonyl (C=O) groups is 1. The first-order valence-corrected chi connectivity index (χ1v) is 10.7. The summed E-state index contributed by atoms with van der Waals surface area (Å²) in [4.78, 5) is 15.2. The smallest absolute Gasteiger partial charge is 0.416 e. The van der Waals surface area contributed by atoms with Crippen molar-refractivity contribution in [3.8, 4) is 5.75 Å². The molecule has 0 unspecified atom stereocenters. The summed E-state index contributed by atoms with van der Waals surface area (Å²) >= 11 is 0. The second kappa shape index (κ2) is 9.27. The van der Waals surface area contributed by atoms with Crippen molar-refractivity contribution in [3.05, 3.63) is 64.7 Å². The average molecular weight is 447 g/mol. The second-order valence-electron chi connectivity index (χ2n) is 8.30. The van der Waals surface area contributed by atoms with E-state index in [0.29, 0.717) is 5.69 Å². The van der Waals surface area contributed by atoms with Crippen LogP contribution in [0.25, 0.3) is 5.70 Å². The third kappa shape index (κ3) is 4.76. The highest BCUT2D eigenvalue weighted by Gasteiger charge is 2.36. The van der Waals surface area contributed by atoms with Crippen molar-refractivity contribution < 1.29 is 22.7 Å². The fourth-order valence-corrected chi connectivity index (χ4v) is 4.08. The van der Waals surface area contributed by atoms with Crippen molar-refractivity contribution in [2.75, 3.05) is 25.5 Å². The van der Waals surface area contributed by atoms with Crippen LogP contribution in [0.4, 0.5) is 18.9 Å². The fraction of sp³-hybridized carbons (Fsp3) is 0.400. The Bertz CT molecular complexity index is 1030. The summed E-state index contributed by atoms with van der Waals surface area (Å²) in [6.45, 7) is 11.4. The number of carbonyl (C=O) groups excluding carboxylic acids is 1. The minimum absolute atomic E-state index is 0.0898. The van der Waals surface area contributed by atoms with E-state index in [-0.39, 0.29) is 22.8 Å². The maximum atomic E-state index is 13.7. The standard InChI is InChI=1S/C25H29F3N2O2/c1-6-10-30-11-9-17-7-8-18(12-20(17)16(30)4)29-24(31)21-13-22(25(26,27)28)19(15(2)3)14-23(21)32-5/h7-8,12-15H,4,6,9-11H2,1-3,5H3,(H,29,31). The molecule has 0 bridgehead atoms. The molecule has 0 aliphatic carbocycles. The maximum absolute atomic E-state index is 13.7. The molecule has 3 rings (SSSR count). The van der Waals surface area contributed by atoms with Crippen molar-refractivity contribution in [2.45, 2.75) is 45.7 Å². The lowest BCUT2D eigenvalue weighted by Crippen LogP contribution is -2.29. The zero-order chi connectivity index (χ0) is 23.6. The van der Waals surface area contributed by atoms with Crippen molar-refractivity contribution in [1.29, 1.82) is 0 Å². The van der Waals surface area contributed by atoms with Gasteiger partial charge >= 0.3 is 6.18 Å². The summed E-state index contributed by atoms with van der Waals surface area (Å²) in [6, 6.07) is 7.71. The molecule has 0 spiro atoms. The molecule has 1 aliphatic heterocycles. The molecule has 32 heavy (non-hydrogen) atoms. The number of methoxy groups -OCH3 is 1. The highest BCUT2D eigenvalue weighted by Crippen LogP contribution is 2.39. The summed E-state index contributed by atoms with van der Waals surface area (Å²) < 4.78 is 46.2. The monoisotopic (exact) mass is 446 g/mol. The van der Waals surface area contributed by atoms with E-state index in [2.05, 4.69) is 23.7 Å². The number of halogens is 3. The molecule has 4 nitrogen and oxygen atoms in total. The van der Waals surface area contributed by atoms with Crippen LogP contribution in [0.5, 0.6) is 5.75 Å². The summed E-state index contributed by atoms with van der Waals surface area (Å²) in [5, 5.41) is 2.73. The lowest BCUT2D eigenvalue weighted by atomic mass is 9.93. The van der Waals surface area contributed by atoms with E-state index in [1.165, 1.54) is 13.2 Å². The molecule has 2 aromatic rings. The van der Waals surface area contributed by atoms with Crippen molar-refractivity contribution in [2.24, 2.45) is 0 Å². The predicted octanol–water partition coefficient (Wildman–Crippen LogP) is 6.33. The summed E-state index contributed by atoms with van der Waals surface area (Å²) in [5.74, 6) is -0.930. The van der Waals surface area contributed by atoms with Crippen LogP contribution < -0.4 is 10.1 Å². The summed E-state index contributed by atoms with van der Waals surface area (Å²) in [7, 11) is 1.34. The van der Waals surface area contributed by atoms with E-state index in [1.807, 2.05) is 12.1 Å². The first-order valence-electron chi connectivity index (χ1n) is 10.7. The van der Waals surface area contributed by atoms with Gasteiger partial charge in [0.15, 0.2) is 0 Å². The van der Waals surface area contributed by atoms with Crippen LogP contribution in [0.3, 0.4) is 0 Å². The van der Waals surface area contributed by atoms with Gasteiger partial charge in [0.1, 0.15) is 5.75 Å². The molecule has 0 radical (unpaired) electrons. The number of nitrogens with zero attached hydrogens (tertiary/aromatic N) is 1. The number of ether oxygens (including phenoxy) is 1. The van der Waals surface area contributed by atoms with Gasteiger partial charge in [-0.15, -0.1) is 0 Å². The number of hydrogen-bond acceptors (Lipinski definition) is 3. The lowest BCUT2D eigenvalue weighted by Gasteiger charge is -2.32. The minimum Gasteiger partial charge on any atom is -0.496 e. The second-order valence-corrected chi connectivity index (χ2v) is 8.30. The third-order valence-electron chi connectivity index (χ3n) is 5.75. The maximum Gasteiger partial charge on any atom is 0.416 e. The van der Waals surface area contributed by atoms with E-state index >= 15 is 0 Å². The Labute approximate surface area is 187 Å². The van der Waals surface area contributed by atoms with Gasteiger partial charge in [0.25, 0.3) is 5.91 Å². The number of alkyl halides is 3. The van der Waals surface area contributed by atoms with Crippen LogP contribution in [-0.2, 0) is 12.6 Å². The molecule has 0 fully saturated rings. The normalized spacial score (nSPS) is 13.9. The predicted molar refractivity (Wildman–Crippen MR) is 121 cm³/mol. The molecule has 0 atom stereocenters. The Hall–Kier alpha value is -2.96. The number of benzene rings is 2. The molecular weight excluding hydrogens is 417 g/mol. The molecule has 1 amide bonds. The van der Waals surface area contributed by atoms with Crippen LogP contribution >= 0.6 is 0 Å². The van der Waals surface area contributed by atoms with Crippen LogP contribution in [0.15, 0.2) is 36.9 Å². The Morgan fingerprint density at radius 1 is 1.25 bits per heavy atom. The molecule has 172 valence electrons. The van der Waals surface area contributed by atoms with E-state index in [9.17, 15) is 18.0 Å². The van der Waals surface area contributed by atoms with E-state index in [0.717, 1.165) is 48.8 Å². The zero-order valence-corrected chi connectivity index (χ0v) is 18.9. The Morgan fingerprint density at radius 2 is 1.97 bits per heavy atom. The van der Waals surface area contributed by atoms with Crippen molar-refractivity contribution >= 4 is 17.3 Å². The third-order valence-corrected chi connectivity index (χ3v) is 5.75. The Morgan fingerprint density at radius 3 is 2.56 bits per heavy atom. The van der Waals surface area contributed by atoms with Gasteiger partial charge in [-0.3, -0.25) is 4.79 Å². The molecule has 1 heterocycles. The molecule has 7 heteroatoms. The van der Waals surface area contributed by atoms with Crippen LogP contribution in [-0.4, -0.2) is 31.0 Å². The highest BCUT2D eigenvalue weighted by atomic mass is 19.4. The summed E-state index contributed by atoms with van der Waals surface area (Å²) in [5.41, 5.74) is 2.58. The number of rotatable bonds is 6. The van der Waals surface area contributed by atoms with Gasteiger partial charge in [-0.1, -0.05) is 33.4 Å². The number of amides is 1. The number of fused-ring (bicyclic) bond motifs is 1. The quantitative estimate of drug-likeness (QED) is 0.564. The first-order chi connectivity index (χ1) is 15.1. The number of hydrogen-bond donors (Lipinski definition) is 1. The lowest BCUT2D eigenvalue weighted by molar-refractivity contribution is -0.138. The van der Waals surface area contributed by atoms with Gasteiger partial charge < -0.3 is 15.0 Å². The van der Waals surface area contributed by atoms with Gasteiger partial charge in [-0.05, 0) is 54.2 Å². The molecule has 2 aromatic carbocycles. The van der Waals surface area contributed by atoms with Crippen LogP contribution in [0, 0.1) is 0 Å². The van der Waals surface area contributed by atoms with Gasteiger partial charge in [0.05, 0.1) is 18.2 Å². The number of anilines is 1. The van der Waals surface area contributed by atoms with Crippen molar-refractivity contribution in [1.82, 2.24) is 4.90 Å². The molecule has 0 aromatic heterocycles. The van der Waals surface area contributed by atoms with E-state index in [1.54, 1.807) is 19.9 Å². The molecule has 0 saturated carbocycles. The topological polar surface area (TPSA) is 41.6 Å². The minimum atomic E-state index is -4.58. The SMILES string of the molecule is C=C1c2cc(NC(=O)c3cc(C(F)(F)F)c(C(C)C)cc3OC)ccc2CCN1CCC. The van der Waals surface area contributed by atoms with Crippen molar-refractivity contribution in [3.63, 3.8) is 0 Å². The van der Waals surface area contributed by atoms with Gasteiger partial charge in [-0.2, -0.15) is 13.2 Å². The Balaban J connectivity index is 1.95. The molecule has 1 N–H and O–H groups in total. The van der Waals surface area contributed by atoms with Gasteiger partial charge in [0.2, 0.25) is 0 Å². The largest absolute Gasteiger partial charge is 0.496 e.